The van der Waals surface area contributed by atoms with Crippen LogP contribution < -0.4 is 15.4 Å². The molecule has 0 aromatic heterocycles. The fraction of sp³-hybridized carbons (Fsp3) is 0.0417. The van der Waals surface area contributed by atoms with E-state index in [1.807, 2.05) is 0 Å². The number of nitrogens with zero attached hydrogens (tertiary/aromatic N) is 1. The number of halogens is 1. The number of ketones is 2. The number of fused-ring (bicyclic) bond motifs is 2. The first-order valence-corrected chi connectivity index (χ1v) is 10.2. The number of carbonyl (C=O) groups excluding carboxylic acids is 3. The van der Waals surface area contributed by atoms with E-state index in [4.69, 9.17) is 22.1 Å². The third-order valence-electron chi connectivity index (χ3n) is 5.53. The predicted octanol–water partition coefficient (Wildman–Crippen LogP) is 3.54. The van der Waals surface area contributed by atoms with Gasteiger partial charge in [-0.1, -0.05) is 17.7 Å². The molecule has 1 heterocycles. The first-order valence-electron chi connectivity index (χ1n) is 9.78. The fourth-order valence-electron chi connectivity index (χ4n) is 4.00. The number of rotatable bonds is 2. The van der Waals surface area contributed by atoms with Crippen LogP contribution in [0.2, 0.25) is 5.02 Å². The first kappa shape index (κ1) is 20.6. The SMILES string of the molecule is NC(=O)c1cccc(N2Cc3cc(Cl)ccc3OC3=C2C(=O)c2c(O)ccc(O)c2C3=O)c1. The second-order valence-electron chi connectivity index (χ2n) is 7.54. The van der Waals surface area contributed by atoms with Crippen LogP contribution in [0.15, 0.2) is 66.1 Å². The molecule has 0 atom stereocenters. The number of hydrogen-bond acceptors (Lipinski definition) is 7. The number of phenolic OH excluding ortho intramolecular Hbond substituents is 2. The number of ether oxygens (including phenoxy) is 1. The Labute approximate surface area is 192 Å². The molecule has 0 saturated heterocycles. The van der Waals surface area contributed by atoms with E-state index in [-0.39, 0.29) is 34.7 Å². The summed E-state index contributed by atoms with van der Waals surface area (Å²) in [5.41, 5.74) is 5.75. The maximum Gasteiger partial charge on any atom is 0.248 e. The summed E-state index contributed by atoms with van der Waals surface area (Å²) >= 11 is 6.17. The zero-order valence-electron chi connectivity index (χ0n) is 16.8. The molecule has 0 fully saturated rings. The lowest BCUT2D eigenvalue weighted by Crippen LogP contribution is -2.34. The lowest BCUT2D eigenvalue weighted by molar-refractivity contribution is 0.0931. The summed E-state index contributed by atoms with van der Waals surface area (Å²) in [6.07, 6.45) is 0. The molecule has 0 bridgehead atoms. The van der Waals surface area contributed by atoms with Crippen LogP contribution in [0.3, 0.4) is 0 Å². The molecule has 164 valence electrons. The lowest BCUT2D eigenvalue weighted by atomic mass is 9.89. The highest BCUT2D eigenvalue weighted by atomic mass is 35.5. The summed E-state index contributed by atoms with van der Waals surface area (Å²) in [5.74, 6) is -3.10. The fourth-order valence-corrected chi connectivity index (χ4v) is 4.20. The van der Waals surface area contributed by atoms with Crippen molar-refractivity contribution >= 4 is 34.8 Å². The molecule has 0 unspecified atom stereocenters. The van der Waals surface area contributed by atoms with Gasteiger partial charge in [-0.05, 0) is 48.5 Å². The Morgan fingerprint density at radius 2 is 1.67 bits per heavy atom. The van der Waals surface area contributed by atoms with Crippen molar-refractivity contribution < 1.29 is 29.3 Å². The Morgan fingerprint density at radius 3 is 2.36 bits per heavy atom. The average molecular weight is 463 g/mol. The Balaban J connectivity index is 1.79. The van der Waals surface area contributed by atoms with Crippen molar-refractivity contribution in [2.75, 3.05) is 4.90 Å². The number of benzene rings is 3. The van der Waals surface area contributed by atoms with Gasteiger partial charge in [0.25, 0.3) is 0 Å². The smallest absolute Gasteiger partial charge is 0.248 e. The highest BCUT2D eigenvalue weighted by molar-refractivity contribution is 6.31. The van der Waals surface area contributed by atoms with Crippen LogP contribution in [0.4, 0.5) is 5.69 Å². The summed E-state index contributed by atoms with van der Waals surface area (Å²) in [6.45, 7) is 0.0604. The van der Waals surface area contributed by atoms with Crippen molar-refractivity contribution in [1.82, 2.24) is 0 Å². The van der Waals surface area contributed by atoms with Crippen molar-refractivity contribution in [3.05, 3.63) is 93.3 Å². The van der Waals surface area contributed by atoms with Gasteiger partial charge >= 0.3 is 0 Å². The second-order valence-corrected chi connectivity index (χ2v) is 7.98. The van der Waals surface area contributed by atoms with Gasteiger partial charge in [-0.15, -0.1) is 0 Å². The Hall–Kier alpha value is -4.30. The normalized spacial score (nSPS) is 14.8. The molecule has 9 heteroatoms. The molecule has 33 heavy (non-hydrogen) atoms. The van der Waals surface area contributed by atoms with Crippen LogP contribution in [0, 0.1) is 0 Å². The number of hydrogen-bond donors (Lipinski definition) is 3. The topological polar surface area (TPSA) is 130 Å². The van der Waals surface area contributed by atoms with E-state index in [0.29, 0.717) is 22.0 Å². The molecule has 1 aliphatic carbocycles. The molecular formula is C24H15ClN2O6. The standard InChI is InChI=1S/C24H15ClN2O6/c25-13-4-7-17-12(8-13)10-27(14-3-1-2-11(9-14)24(26)32)20-21(30)18-15(28)5-6-16(29)19(18)22(31)23(20)33-17/h1-9,28-29H,10H2,(H2,26,32). The van der Waals surface area contributed by atoms with Crippen LogP contribution >= 0.6 is 11.6 Å². The van der Waals surface area contributed by atoms with Gasteiger partial charge in [0.1, 0.15) is 22.9 Å². The lowest BCUT2D eigenvalue weighted by Gasteiger charge is -2.29. The summed E-state index contributed by atoms with van der Waals surface area (Å²) in [5, 5.41) is 21.1. The zero-order valence-corrected chi connectivity index (χ0v) is 17.6. The quantitative estimate of drug-likeness (QED) is 0.496. The molecular weight excluding hydrogens is 448 g/mol. The minimum absolute atomic E-state index is 0.0604. The number of nitrogens with two attached hydrogens (primary N) is 1. The van der Waals surface area contributed by atoms with Gasteiger partial charge in [0.2, 0.25) is 23.2 Å². The number of aromatic hydroxyl groups is 2. The summed E-state index contributed by atoms with van der Waals surface area (Å²) in [7, 11) is 0. The Bertz CT molecular complexity index is 1430. The van der Waals surface area contributed by atoms with Gasteiger partial charge in [-0.2, -0.15) is 0 Å². The number of phenols is 2. The minimum atomic E-state index is -0.771. The van der Waals surface area contributed by atoms with Crippen LogP contribution in [0.5, 0.6) is 17.2 Å². The van der Waals surface area contributed by atoms with E-state index in [0.717, 1.165) is 12.1 Å². The van der Waals surface area contributed by atoms with Crippen LogP contribution in [-0.4, -0.2) is 27.7 Å². The number of Topliss-reactive ketones (excluding diaryl/α,β-unsaturated/α-hetero) is 2. The zero-order chi connectivity index (χ0) is 23.4. The van der Waals surface area contributed by atoms with Gasteiger partial charge in [0.05, 0.1) is 17.7 Å². The van der Waals surface area contributed by atoms with Crippen molar-refractivity contribution in [2.24, 2.45) is 5.73 Å². The van der Waals surface area contributed by atoms with Crippen molar-refractivity contribution in [3.8, 4) is 17.2 Å². The largest absolute Gasteiger partial charge is 0.507 e. The molecule has 0 saturated carbocycles. The monoisotopic (exact) mass is 462 g/mol. The molecule has 3 aromatic carbocycles. The predicted molar refractivity (Wildman–Crippen MR) is 119 cm³/mol. The molecule has 0 spiro atoms. The minimum Gasteiger partial charge on any atom is -0.507 e. The maximum atomic E-state index is 13.6. The highest BCUT2D eigenvalue weighted by Crippen LogP contribution is 2.43. The van der Waals surface area contributed by atoms with Crippen LogP contribution in [-0.2, 0) is 6.54 Å². The highest BCUT2D eigenvalue weighted by Gasteiger charge is 2.42. The van der Waals surface area contributed by atoms with E-state index in [9.17, 15) is 24.6 Å². The molecule has 2 aliphatic rings. The molecule has 4 N–H and O–H groups in total. The van der Waals surface area contributed by atoms with Gasteiger partial charge in [-0.25, -0.2) is 0 Å². The molecule has 1 aliphatic heterocycles. The molecule has 5 rings (SSSR count). The van der Waals surface area contributed by atoms with E-state index in [1.54, 1.807) is 30.3 Å². The van der Waals surface area contributed by atoms with E-state index in [2.05, 4.69) is 0 Å². The molecule has 0 radical (unpaired) electrons. The molecule has 3 aromatic rings. The summed E-state index contributed by atoms with van der Waals surface area (Å²) in [4.78, 5) is 40.3. The van der Waals surface area contributed by atoms with E-state index < -0.39 is 29.0 Å². The van der Waals surface area contributed by atoms with Gasteiger partial charge < -0.3 is 25.6 Å². The Kier molecular flexibility index (Phi) is 4.61. The number of amides is 1. The number of primary amides is 1. The first-order chi connectivity index (χ1) is 15.8. The van der Waals surface area contributed by atoms with Gasteiger partial charge in [0, 0.05) is 21.8 Å². The third-order valence-corrected chi connectivity index (χ3v) is 5.76. The van der Waals surface area contributed by atoms with E-state index >= 15 is 0 Å². The van der Waals surface area contributed by atoms with Crippen molar-refractivity contribution in [1.29, 1.82) is 0 Å². The van der Waals surface area contributed by atoms with Crippen LogP contribution in [0.1, 0.15) is 36.6 Å². The van der Waals surface area contributed by atoms with Crippen molar-refractivity contribution in [2.45, 2.75) is 6.54 Å². The summed E-state index contributed by atoms with van der Waals surface area (Å²) < 4.78 is 5.90. The van der Waals surface area contributed by atoms with Gasteiger partial charge in [0.15, 0.2) is 0 Å². The molecule has 8 nitrogen and oxygen atoms in total. The molecule has 1 amide bonds. The number of carbonyl (C=O) groups is 3. The number of allylic oxidation sites excluding steroid dienone is 2. The second kappa shape index (κ2) is 7.39. The van der Waals surface area contributed by atoms with E-state index in [1.165, 1.54) is 17.0 Å². The summed E-state index contributed by atoms with van der Waals surface area (Å²) in [6, 6.07) is 13.3. The third kappa shape index (κ3) is 3.19. The van der Waals surface area contributed by atoms with Gasteiger partial charge in [-0.3, -0.25) is 14.4 Å². The van der Waals surface area contributed by atoms with Crippen molar-refractivity contribution in [3.63, 3.8) is 0 Å². The number of anilines is 1. The maximum absolute atomic E-state index is 13.6. The van der Waals surface area contributed by atoms with Crippen LogP contribution in [0.25, 0.3) is 0 Å². The Morgan fingerprint density at radius 1 is 0.970 bits per heavy atom. The average Bonchev–Trinajstić information content (AvgIpc) is 2.96.